The highest BCUT2D eigenvalue weighted by Crippen LogP contribution is 2.29. The first-order valence-corrected chi connectivity index (χ1v) is 11.1. The summed E-state index contributed by atoms with van der Waals surface area (Å²) in [7, 11) is 0. The third kappa shape index (κ3) is 5.17. The van der Waals surface area contributed by atoms with Crippen LogP contribution >= 0.6 is 0 Å². The number of hydrogen-bond donors (Lipinski definition) is 1. The molecule has 5 heteroatoms. The van der Waals surface area contributed by atoms with E-state index in [0.29, 0.717) is 25.2 Å². The van der Waals surface area contributed by atoms with Crippen LogP contribution < -0.4 is 10.2 Å². The summed E-state index contributed by atoms with van der Waals surface area (Å²) in [6, 6.07) is 23.6. The van der Waals surface area contributed by atoms with Crippen LogP contribution in [0.15, 0.2) is 72.8 Å². The minimum atomic E-state index is -0.0970. The number of para-hydroxylation sites is 2. The van der Waals surface area contributed by atoms with Gasteiger partial charge < -0.3 is 10.2 Å². The number of hydrogen-bond acceptors (Lipinski definition) is 2. The molecule has 0 aliphatic carbocycles. The molecule has 4 rings (SSSR count). The van der Waals surface area contributed by atoms with E-state index in [0.717, 1.165) is 29.8 Å². The fourth-order valence-electron chi connectivity index (χ4n) is 4.32. The number of nitrogens with zero attached hydrogens (tertiary/aromatic N) is 2. The number of benzene rings is 3. The van der Waals surface area contributed by atoms with Crippen LogP contribution in [0.3, 0.4) is 0 Å². The van der Waals surface area contributed by atoms with Gasteiger partial charge in [0.25, 0.3) is 0 Å². The number of anilines is 2. The number of urea groups is 1. The molecule has 0 aromatic heterocycles. The van der Waals surface area contributed by atoms with Crippen LogP contribution in [0.4, 0.5) is 16.2 Å². The molecule has 32 heavy (non-hydrogen) atoms. The highest BCUT2D eigenvalue weighted by atomic mass is 16.2. The Morgan fingerprint density at radius 3 is 2.31 bits per heavy atom. The molecule has 164 valence electrons. The predicted molar refractivity (Wildman–Crippen MR) is 129 cm³/mol. The largest absolute Gasteiger partial charge is 0.324 e. The number of aryl methyl sites for hydroxylation is 2. The van der Waals surface area contributed by atoms with Gasteiger partial charge in [0.1, 0.15) is 0 Å². The van der Waals surface area contributed by atoms with Gasteiger partial charge in [-0.1, -0.05) is 71.8 Å². The fourth-order valence-corrected chi connectivity index (χ4v) is 4.32. The third-order valence-electron chi connectivity index (χ3n) is 5.64. The zero-order chi connectivity index (χ0) is 22.5. The van der Waals surface area contributed by atoms with Crippen molar-refractivity contribution in [3.63, 3.8) is 0 Å². The molecule has 0 bridgehead atoms. The first-order valence-electron chi connectivity index (χ1n) is 11.1. The number of carbonyl (C=O) groups excluding carboxylic acids is 2. The van der Waals surface area contributed by atoms with Gasteiger partial charge in [-0.05, 0) is 43.5 Å². The first kappa shape index (κ1) is 21.6. The molecule has 1 fully saturated rings. The van der Waals surface area contributed by atoms with Crippen LogP contribution in [0.5, 0.6) is 0 Å². The number of rotatable bonds is 6. The Kier molecular flexibility index (Phi) is 6.55. The first-order chi connectivity index (χ1) is 15.5. The molecular weight excluding hydrogens is 398 g/mol. The van der Waals surface area contributed by atoms with E-state index in [4.69, 9.17) is 0 Å². The third-order valence-corrected chi connectivity index (χ3v) is 5.64. The summed E-state index contributed by atoms with van der Waals surface area (Å²) in [4.78, 5) is 29.7. The molecule has 0 saturated carbocycles. The van der Waals surface area contributed by atoms with E-state index in [-0.39, 0.29) is 11.9 Å². The van der Waals surface area contributed by atoms with Gasteiger partial charge in [0.05, 0.1) is 17.8 Å². The van der Waals surface area contributed by atoms with Crippen molar-refractivity contribution in [1.82, 2.24) is 4.90 Å². The van der Waals surface area contributed by atoms with Crippen molar-refractivity contribution in [1.29, 1.82) is 0 Å². The average molecular weight is 428 g/mol. The molecular formula is C27H29N3O2. The summed E-state index contributed by atoms with van der Waals surface area (Å²) in [5.41, 5.74) is 5.90. The lowest BCUT2D eigenvalue weighted by Crippen LogP contribution is -2.49. The van der Waals surface area contributed by atoms with Crippen molar-refractivity contribution >= 4 is 23.3 Å². The van der Waals surface area contributed by atoms with Gasteiger partial charge in [0, 0.05) is 19.6 Å². The molecule has 1 aliphatic rings. The van der Waals surface area contributed by atoms with Crippen LogP contribution in [-0.4, -0.2) is 29.9 Å². The lowest BCUT2D eigenvalue weighted by atomic mass is 10.1. The lowest BCUT2D eigenvalue weighted by Gasteiger charge is -2.36. The van der Waals surface area contributed by atoms with Gasteiger partial charge in [-0.25, -0.2) is 4.79 Å². The maximum absolute atomic E-state index is 13.4. The van der Waals surface area contributed by atoms with Crippen molar-refractivity contribution in [3.05, 3.63) is 95.1 Å². The van der Waals surface area contributed by atoms with Crippen LogP contribution in [0.25, 0.3) is 0 Å². The molecule has 1 N–H and O–H groups in total. The Morgan fingerprint density at radius 1 is 0.875 bits per heavy atom. The normalized spacial score (nSPS) is 13.9. The highest BCUT2D eigenvalue weighted by Gasteiger charge is 2.28. The van der Waals surface area contributed by atoms with E-state index in [9.17, 15) is 9.59 Å². The summed E-state index contributed by atoms with van der Waals surface area (Å²) >= 11 is 0. The maximum Gasteiger partial charge on any atom is 0.324 e. The Bertz CT molecular complexity index is 1090. The Hall–Kier alpha value is -3.60. The molecule has 3 aromatic rings. The van der Waals surface area contributed by atoms with Gasteiger partial charge in [-0.2, -0.15) is 0 Å². The van der Waals surface area contributed by atoms with Gasteiger partial charge >= 0.3 is 6.03 Å². The highest BCUT2D eigenvalue weighted by molar-refractivity contribution is 6.01. The minimum Gasteiger partial charge on any atom is -0.324 e. The van der Waals surface area contributed by atoms with Crippen molar-refractivity contribution in [2.75, 3.05) is 23.3 Å². The second-order valence-electron chi connectivity index (χ2n) is 8.43. The number of amides is 3. The average Bonchev–Trinajstić information content (AvgIpc) is 2.76. The second-order valence-corrected chi connectivity index (χ2v) is 8.43. The monoisotopic (exact) mass is 427 g/mol. The quantitative estimate of drug-likeness (QED) is 0.579. The van der Waals surface area contributed by atoms with Gasteiger partial charge in [-0.15, -0.1) is 0 Å². The molecule has 3 amide bonds. The van der Waals surface area contributed by atoms with Crippen LogP contribution in [0, 0.1) is 13.8 Å². The van der Waals surface area contributed by atoms with Crippen molar-refractivity contribution < 1.29 is 9.59 Å². The standard InChI is InChI=1S/C27H29N3O2/c1-20-15-21(2)17-23(16-20)19-29-13-8-14-30(27(29)32)25-12-7-6-11-24(25)28-26(31)18-22-9-4-3-5-10-22/h3-7,9-12,15-17H,8,13-14,18-19H2,1-2H3,(H,28,31). The molecule has 0 unspecified atom stereocenters. The van der Waals surface area contributed by atoms with Crippen molar-refractivity contribution in [3.8, 4) is 0 Å². The Labute approximate surface area is 189 Å². The smallest absolute Gasteiger partial charge is 0.324 e. The maximum atomic E-state index is 13.4. The van der Waals surface area contributed by atoms with E-state index in [1.807, 2.05) is 59.5 Å². The Balaban J connectivity index is 1.50. The molecule has 1 saturated heterocycles. The van der Waals surface area contributed by atoms with Crippen LogP contribution in [-0.2, 0) is 17.8 Å². The summed E-state index contributed by atoms with van der Waals surface area (Å²) in [6.07, 6.45) is 1.17. The minimum absolute atomic E-state index is 0.0276. The SMILES string of the molecule is Cc1cc(C)cc(CN2CCCN(c3ccccc3NC(=O)Cc3ccccc3)C2=O)c1. The van der Waals surface area contributed by atoms with E-state index in [1.165, 1.54) is 11.1 Å². The fraction of sp³-hybridized carbons (Fsp3) is 0.259. The van der Waals surface area contributed by atoms with Crippen LogP contribution in [0.1, 0.15) is 28.7 Å². The summed E-state index contributed by atoms with van der Waals surface area (Å²) in [5.74, 6) is -0.0970. The molecule has 3 aromatic carbocycles. The zero-order valence-corrected chi connectivity index (χ0v) is 18.7. The molecule has 0 radical (unpaired) electrons. The number of carbonyl (C=O) groups is 2. The van der Waals surface area contributed by atoms with Gasteiger partial charge in [-0.3, -0.25) is 9.69 Å². The van der Waals surface area contributed by atoms with Crippen LogP contribution in [0.2, 0.25) is 0 Å². The topological polar surface area (TPSA) is 52.6 Å². The van der Waals surface area contributed by atoms with Gasteiger partial charge in [0.15, 0.2) is 0 Å². The predicted octanol–water partition coefficient (Wildman–Crippen LogP) is 5.32. The van der Waals surface area contributed by atoms with E-state index in [2.05, 4.69) is 37.4 Å². The Morgan fingerprint density at radius 2 is 1.56 bits per heavy atom. The summed E-state index contributed by atoms with van der Waals surface area (Å²) in [5, 5.41) is 3.00. The molecule has 0 spiro atoms. The molecule has 5 nitrogen and oxygen atoms in total. The van der Waals surface area contributed by atoms with E-state index >= 15 is 0 Å². The molecule has 0 atom stereocenters. The van der Waals surface area contributed by atoms with E-state index in [1.54, 1.807) is 4.90 Å². The van der Waals surface area contributed by atoms with Gasteiger partial charge in [0.2, 0.25) is 5.91 Å². The lowest BCUT2D eigenvalue weighted by molar-refractivity contribution is -0.115. The molecule has 1 heterocycles. The van der Waals surface area contributed by atoms with Crippen molar-refractivity contribution in [2.24, 2.45) is 0 Å². The summed E-state index contributed by atoms with van der Waals surface area (Å²) < 4.78 is 0. The summed E-state index contributed by atoms with van der Waals surface area (Å²) in [6.45, 7) is 6.10. The second kappa shape index (κ2) is 9.69. The zero-order valence-electron chi connectivity index (χ0n) is 18.7. The van der Waals surface area contributed by atoms with E-state index < -0.39 is 0 Å². The molecule has 1 aliphatic heterocycles. The van der Waals surface area contributed by atoms with Crippen molar-refractivity contribution in [2.45, 2.75) is 33.2 Å². The number of nitrogens with one attached hydrogen (secondary N) is 1.